The van der Waals surface area contributed by atoms with Crippen molar-refractivity contribution in [2.24, 2.45) is 0 Å². The van der Waals surface area contributed by atoms with Crippen LogP contribution >= 0.6 is 34.5 Å². The Morgan fingerprint density at radius 1 is 1.53 bits per heavy atom. The standard InChI is InChI=1S/C9H9Cl2NO3S2/c1-2-3-4-8(13)12-17(14,15)6-5-7(10)16-9(6)11/h2,5H,1,3-4H2,(H,12,13). The third-order valence-corrected chi connectivity index (χ3v) is 4.86. The Kier molecular flexibility index (Phi) is 5.00. The van der Waals surface area contributed by atoms with E-state index in [2.05, 4.69) is 6.58 Å². The zero-order chi connectivity index (χ0) is 13.1. The molecule has 1 aromatic heterocycles. The van der Waals surface area contributed by atoms with Gasteiger partial charge in [0.1, 0.15) is 9.23 Å². The van der Waals surface area contributed by atoms with E-state index < -0.39 is 15.9 Å². The first-order chi connectivity index (χ1) is 7.86. The van der Waals surface area contributed by atoms with E-state index in [-0.39, 0.29) is 20.0 Å². The SMILES string of the molecule is C=CCCC(=O)NS(=O)(=O)c1cc(Cl)sc1Cl. The number of allylic oxidation sites excluding steroid dienone is 1. The third-order valence-electron chi connectivity index (χ3n) is 1.74. The summed E-state index contributed by atoms with van der Waals surface area (Å²) in [5, 5.41) is 0. The second kappa shape index (κ2) is 5.86. The summed E-state index contributed by atoms with van der Waals surface area (Å²) in [4.78, 5) is 11.1. The second-order valence-corrected chi connectivity index (χ2v) is 6.98. The summed E-state index contributed by atoms with van der Waals surface area (Å²) in [7, 11) is -3.94. The van der Waals surface area contributed by atoms with Crippen molar-refractivity contribution in [2.45, 2.75) is 17.7 Å². The van der Waals surface area contributed by atoms with Gasteiger partial charge in [-0.2, -0.15) is 0 Å². The molecule has 0 atom stereocenters. The smallest absolute Gasteiger partial charge is 0.266 e. The number of sulfonamides is 1. The number of rotatable bonds is 5. The minimum Gasteiger partial charge on any atom is -0.274 e. The largest absolute Gasteiger partial charge is 0.274 e. The monoisotopic (exact) mass is 313 g/mol. The normalized spacial score (nSPS) is 11.2. The van der Waals surface area contributed by atoms with Crippen molar-refractivity contribution in [1.82, 2.24) is 4.72 Å². The molecule has 1 amide bonds. The van der Waals surface area contributed by atoms with Crippen LogP contribution in [0.3, 0.4) is 0 Å². The number of thiophene rings is 1. The highest BCUT2D eigenvalue weighted by atomic mass is 35.5. The first kappa shape index (κ1) is 14.5. The summed E-state index contributed by atoms with van der Waals surface area (Å²) >= 11 is 12.3. The number of nitrogens with one attached hydrogen (secondary N) is 1. The molecule has 0 fully saturated rings. The molecular formula is C9H9Cl2NO3S2. The van der Waals surface area contributed by atoms with Gasteiger partial charge in [0.05, 0.1) is 4.34 Å². The number of amides is 1. The molecule has 0 unspecified atom stereocenters. The number of carbonyl (C=O) groups is 1. The summed E-state index contributed by atoms with van der Waals surface area (Å²) in [5.41, 5.74) is 0. The molecule has 1 heterocycles. The first-order valence-corrected chi connectivity index (χ1v) is 7.53. The molecule has 0 aliphatic heterocycles. The van der Waals surface area contributed by atoms with Crippen LogP contribution in [-0.2, 0) is 14.8 Å². The minimum absolute atomic E-state index is 0.0269. The summed E-state index contributed by atoms with van der Waals surface area (Å²) in [6, 6.07) is 1.21. The maximum atomic E-state index is 11.7. The van der Waals surface area contributed by atoms with Gasteiger partial charge in [0.2, 0.25) is 5.91 Å². The Bertz CT molecular complexity index is 536. The quantitative estimate of drug-likeness (QED) is 0.850. The summed E-state index contributed by atoms with van der Waals surface area (Å²) in [5.74, 6) is -0.608. The zero-order valence-electron chi connectivity index (χ0n) is 8.57. The van der Waals surface area contributed by atoms with Gasteiger partial charge in [-0.05, 0) is 12.5 Å². The van der Waals surface area contributed by atoms with Crippen molar-refractivity contribution >= 4 is 50.5 Å². The molecule has 17 heavy (non-hydrogen) atoms. The van der Waals surface area contributed by atoms with Gasteiger partial charge in [0.15, 0.2) is 0 Å². The van der Waals surface area contributed by atoms with E-state index in [1.807, 2.05) is 4.72 Å². The van der Waals surface area contributed by atoms with Gasteiger partial charge in [0, 0.05) is 6.42 Å². The van der Waals surface area contributed by atoms with E-state index >= 15 is 0 Å². The van der Waals surface area contributed by atoms with Crippen molar-refractivity contribution in [3.8, 4) is 0 Å². The fraction of sp³-hybridized carbons (Fsp3) is 0.222. The van der Waals surface area contributed by atoms with Crippen LogP contribution < -0.4 is 4.72 Å². The second-order valence-electron chi connectivity index (χ2n) is 3.04. The summed E-state index contributed by atoms with van der Waals surface area (Å²) < 4.78 is 25.7. The summed E-state index contributed by atoms with van der Waals surface area (Å²) in [6.07, 6.45) is 1.98. The van der Waals surface area contributed by atoms with E-state index in [9.17, 15) is 13.2 Å². The number of carbonyl (C=O) groups excluding carboxylic acids is 1. The van der Waals surface area contributed by atoms with Gasteiger partial charge in [-0.3, -0.25) is 4.79 Å². The lowest BCUT2D eigenvalue weighted by molar-refractivity contribution is -0.119. The molecule has 0 bridgehead atoms. The Hall–Kier alpha value is -0.560. The first-order valence-electron chi connectivity index (χ1n) is 4.48. The van der Waals surface area contributed by atoms with E-state index in [0.29, 0.717) is 6.42 Å². The van der Waals surface area contributed by atoms with Gasteiger partial charge >= 0.3 is 0 Å². The van der Waals surface area contributed by atoms with Crippen molar-refractivity contribution < 1.29 is 13.2 Å². The maximum Gasteiger partial charge on any atom is 0.266 e. The van der Waals surface area contributed by atoms with Crippen LogP contribution in [0.5, 0.6) is 0 Å². The minimum atomic E-state index is -3.94. The molecule has 1 rings (SSSR count). The molecule has 4 nitrogen and oxygen atoms in total. The average molecular weight is 314 g/mol. The fourth-order valence-corrected chi connectivity index (χ4v) is 4.16. The molecule has 0 radical (unpaired) electrons. The predicted molar refractivity (Wildman–Crippen MR) is 69.1 cm³/mol. The van der Waals surface area contributed by atoms with E-state index in [1.165, 1.54) is 12.1 Å². The van der Waals surface area contributed by atoms with Crippen LogP contribution in [0.1, 0.15) is 12.8 Å². The lowest BCUT2D eigenvalue weighted by Crippen LogP contribution is -2.30. The molecule has 0 saturated heterocycles. The Morgan fingerprint density at radius 2 is 2.18 bits per heavy atom. The highest BCUT2D eigenvalue weighted by Crippen LogP contribution is 2.34. The molecule has 0 aliphatic carbocycles. The molecule has 1 N–H and O–H groups in total. The molecule has 0 aromatic carbocycles. The van der Waals surface area contributed by atoms with Crippen molar-refractivity contribution in [1.29, 1.82) is 0 Å². The molecule has 8 heteroatoms. The van der Waals surface area contributed by atoms with E-state index in [0.717, 1.165) is 11.3 Å². The van der Waals surface area contributed by atoms with Crippen LogP contribution in [0.15, 0.2) is 23.6 Å². The Labute approximate surface area is 113 Å². The Morgan fingerprint density at radius 3 is 2.65 bits per heavy atom. The molecule has 94 valence electrons. The molecule has 0 aliphatic rings. The highest BCUT2D eigenvalue weighted by Gasteiger charge is 2.22. The Balaban J connectivity index is 2.86. The van der Waals surface area contributed by atoms with Gasteiger partial charge in [0.25, 0.3) is 10.0 Å². The number of halogens is 2. The zero-order valence-corrected chi connectivity index (χ0v) is 11.7. The maximum absolute atomic E-state index is 11.7. The third kappa shape index (κ3) is 3.99. The van der Waals surface area contributed by atoms with Crippen molar-refractivity contribution in [3.63, 3.8) is 0 Å². The number of hydrogen-bond donors (Lipinski definition) is 1. The fourth-order valence-electron chi connectivity index (χ4n) is 0.997. The predicted octanol–water partition coefficient (Wildman–Crippen LogP) is 2.83. The topological polar surface area (TPSA) is 63.2 Å². The van der Waals surface area contributed by atoms with Gasteiger partial charge in [-0.1, -0.05) is 29.3 Å². The number of hydrogen-bond acceptors (Lipinski definition) is 4. The highest BCUT2D eigenvalue weighted by molar-refractivity contribution is 7.90. The molecule has 0 saturated carbocycles. The molecule has 0 spiro atoms. The van der Waals surface area contributed by atoms with Crippen LogP contribution in [0, 0.1) is 0 Å². The van der Waals surface area contributed by atoms with E-state index in [1.54, 1.807) is 0 Å². The van der Waals surface area contributed by atoms with Gasteiger partial charge in [-0.15, -0.1) is 17.9 Å². The summed E-state index contributed by atoms with van der Waals surface area (Å²) in [6.45, 7) is 3.44. The average Bonchev–Trinajstić information content (AvgIpc) is 2.55. The van der Waals surface area contributed by atoms with Gasteiger partial charge in [-0.25, -0.2) is 13.1 Å². The lowest BCUT2D eigenvalue weighted by atomic mass is 10.3. The van der Waals surface area contributed by atoms with Crippen LogP contribution in [0.4, 0.5) is 0 Å². The van der Waals surface area contributed by atoms with Crippen LogP contribution in [-0.4, -0.2) is 14.3 Å². The van der Waals surface area contributed by atoms with E-state index in [4.69, 9.17) is 23.2 Å². The lowest BCUT2D eigenvalue weighted by Gasteiger charge is -2.04. The van der Waals surface area contributed by atoms with Crippen molar-refractivity contribution in [3.05, 3.63) is 27.4 Å². The van der Waals surface area contributed by atoms with Crippen molar-refractivity contribution in [2.75, 3.05) is 0 Å². The molecule has 1 aromatic rings. The van der Waals surface area contributed by atoms with Crippen LogP contribution in [0.25, 0.3) is 0 Å². The van der Waals surface area contributed by atoms with Crippen LogP contribution in [0.2, 0.25) is 8.67 Å². The van der Waals surface area contributed by atoms with Gasteiger partial charge < -0.3 is 0 Å². The molecular weight excluding hydrogens is 305 g/mol.